The Morgan fingerprint density at radius 3 is 2.62 bits per heavy atom. The third kappa shape index (κ3) is 2.16. The number of nitriles is 1. The van der Waals surface area contributed by atoms with Crippen LogP contribution in [0.5, 0.6) is 0 Å². The van der Waals surface area contributed by atoms with Crippen LogP contribution >= 0.6 is 0 Å². The monoisotopic (exact) mass is 114 g/mol. The highest BCUT2D eigenvalue weighted by Gasteiger charge is 2.16. The molecule has 0 aliphatic carbocycles. The lowest BCUT2D eigenvalue weighted by Gasteiger charge is -2.10. The minimum absolute atomic E-state index is 0.142. The highest BCUT2D eigenvalue weighted by molar-refractivity contribution is 5.39. The van der Waals surface area contributed by atoms with E-state index in [-0.39, 0.29) is 6.47 Å². The Morgan fingerprint density at radius 1 is 2.00 bits per heavy atom. The first-order chi connectivity index (χ1) is 3.62. The molecule has 0 amide bonds. The molecule has 0 saturated heterocycles. The summed E-state index contributed by atoms with van der Waals surface area (Å²) in [5.74, 6) is 0. The van der Waals surface area contributed by atoms with E-state index in [0.29, 0.717) is 0 Å². The van der Waals surface area contributed by atoms with Crippen LogP contribution in [0, 0.1) is 11.3 Å². The summed E-state index contributed by atoms with van der Waals surface area (Å²) < 4.78 is 4.11. The molecule has 8 heavy (non-hydrogen) atoms. The lowest BCUT2D eigenvalue weighted by Crippen LogP contribution is -2.36. The SMILES string of the molecule is C[C@@](N)(C#N)OC=O. The first-order valence-electron chi connectivity index (χ1n) is 1.94. The fourth-order valence-corrected chi connectivity index (χ4v) is 0.126. The van der Waals surface area contributed by atoms with E-state index < -0.39 is 5.72 Å². The highest BCUT2D eigenvalue weighted by Crippen LogP contribution is 1.94. The topological polar surface area (TPSA) is 76.1 Å². The Balaban J connectivity index is 3.76. The van der Waals surface area contributed by atoms with Crippen molar-refractivity contribution in [3.63, 3.8) is 0 Å². The van der Waals surface area contributed by atoms with Crippen LogP contribution in [0.4, 0.5) is 0 Å². The van der Waals surface area contributed by atoms with Gasteiger partial charge in [-0.15, -0.1) is 0 Å². The molecule has 0 rings (SSSR count). The molecule has 1 atom stereocenters. The van der Waals surface area contributed by atoms with Crippen LogP contribution < -0.4 is 5.73 Å². The Labute approximate surface area is 46.8 Å². The van der Waals surface area contributed by atoms with Gasteiger partial charge in [0.15, 0.2) is 0 Å². The number of ether oxygens (including phenoxy) is 1. The van der Waals surface area contributed by atoms with Crippen LogP contribution in [0.2, 0.25) is 0 Å². The molecule has 0 aliphatic rings. The second-order valence-corrected chi connectivity index (χ2v) is 1.43. The van der Waals surface area contributed by atoms with E-state index in [0.717, 1.165) is 0 Å². The maximum Gasteiger partial charge on any atom is 0.295 e. The lowest BCUT2D eigenvalue weighted by molar-refractivity contribution is -0.136. The molecular formula is C4H6N2O2. The van der Waals surface area contributed by atoms with Gasteiger partial charge in [-0.1, -0.05) is 0 Å². The van der Waals surface area contributed by atoms with Gasteiger partial charge in [-0.3, -0.25) is 10.5 Å². The van der Waals surface area contributed by atoms with Crippen molar-refractivity contribution in [2.75, 3.05) is 0 Å². The first kappa shape index (κ1) is 6.92. The maximum absolute atomic E-state index is 9.53. The summed E-state index contributed by atoms with van der Waals surface area (Å²) >= 11 is 0. The molecule has 0 heterocycles. The molecule has 44 valence electrons. The molecule has 0 aliphatic heterocycles. The molecule has 0 saturated carbocycles. The van der Waals surface area contributed by atoms with Gasteiger partial charge in [-0.05, 0) is 0 Å². The van der Waals surface area contributed by atoms with E-state index in [2.05, 4.69) is 4.74 Å². The maximum atomic E-state index is 9.53. The van der Waals surface area contributed by atoms with Crippen molar-refractivity contribution >= 4 is 6.47 Å². The summed E-state index contributed by atoms with van der Waals surface area (Å²) in [6, 6.07) is 1.57. The molecule has 0 spiro atoms. The fraction of sp³-hybridized carbons (Fsp3) is 0.500. The summed E-state index contributed by atoms with van der Waals surface area (Å²) in [6.45, 7) is 1.44. The van der Waals surface area contributed by atoms with Crippen LogP contribution in [0.3, 0.4) is 0 Å². The van der Waals surface area contributed by atoms with Gasteiger partial charge in [0, 0.05) is 6.92 Å². The Kier molecular flexibility index (Phi) is 1.98. The third-order valence-electron chi connectivity index (χ3n) is 0.515. The zero-order valence-electron chi connectivity index (χ0n) is 4.42. The molecule has 0 radical (unpaired) electrons. The summed E-state index contributed by atoms with van der Waals surface area (Å²) in [6.07, 6.45) is 0. The summed E-state index contributed by atoms with van der Waals surface area (Å²) in [5, 5.41) is 8.07. The zero-order valence-corrected chi connectivity index (χ0v) is 4.42. The van der Waals surface area contributed by atoms with Gasteiger partial charge < -0.3 is 4.74 Å². The molecule has 0 unspecified atom stereocenters. The van der Waals surface area contributed by atoms with Crippen molar-refractivity contribution in [2.45, 2.75) is 12.6 Å². The third-order valence-corrected chi connectivity index (χ3v) is 0.515. The van der Waals surface area contributed by atoms with Crippen LogP contribution in [0.1, 0.15) is 6.92 Å². The van der Waals surface area contributed by atoms with Crippen molar-refractivity contribution in [3.05, 3.63) is 0 Å². The normalized spacial score (nSPS) is 15.6. The van der Waals surface area contributed by atoms with Crippen molar-refractivity contribution in [1.82, 2.24) is 0 Å². The van der Waals surface area contributed by atoms with E-state index in [1.54, 1.807) is 6.07 Å². The second-order valence-electron chi connectivity index (χ2n) is 1.43. The first-order valence-corrected chi connectivity index (χ1v) is 1.94. The van der Waals surface area contributed by atoms with Gasteiger partial charge in [0.1, 0.15) is 6.07 Å². The minimum atomic E-state index is -1.47. The lowest BCUT2D eigenvalue weighted by atomic mass is 10.3. The molecular weight excluding hydrogens is 108 g/mol. The number of carbonyl (C=O) groups excluding carboxylic acids is 1. The van der Waals surface area contributed by atoms with Crippen LogP contribution in [-0.4, -0.2) is 12.2 Å². The van der Waals surface area contributed by atoms with E-state index in [4.69, 9.17) is 11.0 Å². The van der Waals surface area contributed by atoms with Crippen molar-refractivity contribution in [2.24, 2.45) is 5.73 Å². The van der Waals surface area contributed by atoms with Gasteiger partial charge >= 0.3 is 0 Å². The Bertz CT molecular complexity index is 124. The number of hydrogen-bond acceptors (Lipinski definition) is 4. The summed E-state index contributed by atoms with van der Waals surface area (Å²) in [7, 11) is 0. The molecule has 4 heteroatoms. The Morgan fingerprint density at radius 2 is 2.50 bits per heavy atom. The van der Waals surface area contributed by atoms with Gasteiger partial charge in [-0.2, -0.15) is 5.26 Å². The zero-order chi connectivity index (χ0) is 6.62. The predicted molar refractivity (Wildman–Crippen MR) is 25.4 cm³/mol. The number of rotatable bonds is 2. The summed E-state index contributed by atoms with van der Waals surface area (Å²) in [5.41, 5.74) is 3.54. The second kappa shape index (κ2) is 2.28. The number of hydrogen-bond donors (Lipinski definition) is 1. The van der Waals surface area contributed by atoms with Gasteiger partial charge in [-0.25, -0.2) is 0 Å². The van der Waals surface area contributed by atoms with Gasteiger partial charge in [0.05, 0.1) is 0 Å². The van der Waals surface area contributed by atoms with Crippen molar-refractivity contribution in [3.8, 4) is 6.07 Å². The van der Waals surface area contributed by atoms with Crippen molar-refractivity contribution < 1.29 is 9.53 Å². The van der Waals surface area contributed by atoms with Crippen LogP contribution in [0.25, 0.3) is 0 Å². The smallest absolute Gasteiger partial charge is 0.295 e. The standard InChI is InChI=1S/C4H6N2O2/c1-4(6,2-5)8-3-7/h3H,6H2,1H3/t4-/m0/s1. The molecule has 0 aromatic carbocycles. The molecule has 2 N–H and O–H groups in total. The number of nitrogens with two attached hydrogens (primary N) is 1. The number of nitrogens with zero attached hydrogens (tertiary/aromatic N) is 1. The predicted octanol–water partition coefficient (Wildman–Crippen LogP) is -0.642. The molecule has 0 bridgehead atoms. The average molecular weight is 114 g/mol. The summed E-state index contributed by atoms with van der Waals surface area (Å²) in [4.78, 5) is 9.53. The van der Waals surface area contributed by atoms with E-state index in [9.17, 15) is 4.79 Å². The van der Waals surface area contributed by atoms with E-state index in [1.165, 1.54) is 6.92 Å². The van der Waals surface area contributed by atoms with Crippen LogP contribution in [-0.2, 0) is 9.53 Å². The Hall–Kier alpha value is -1.08. The fourth-order valence-electron chi connectivity index (χ4n) is 0.126. The van der Waals surface area contributed by atoms with Gasteiger partial charge in [0.25, 0.3) is 6.47 Å². The highest BCUT2D eigenvalue weighted by atomic mass is 16.5. The quantitative estimate of drug-likeness (QED) is 0.382. The largest absolute Gasteiger partial charge is 0.433 e. The van der Waals surface area contributed by atoms with E-state index in [1.807, 2.05) is 0 Å². The number of carbonyl (C=O) groups is 1. The molecule has 4 nitrogen and oxygen atoms in total. The molecule has 0 aromatic rings. The average Bonchev–Trinajstić information content (AvgIpc) is 1.67. The molecule has 0 aromatic heterocycles. The molecule has 0 fully saturated rings. The van der Waals surface area contributed by atoms with Gasteiger partial charge in [0.2, 0.25) is 5.72 Å². The van der Waals surface area contributed by atoms with Crippen molar-refractivity contribution in [1.29, 1.82) is 5.26 Å². The van der Waals surface area contributed by atoms with Crippen LogP contribution in [0.15, 0.2) is 0 Å². The van der Waals surface area contributed by atoms with E-state index >= 15 is 0 Å². The minimum Gasteiger partial charge on any atom is -0.433 e.